The smallest absolute Gasteiger partial charge is 0.205 e. The predicted molar refractivity (Wildman–Crippen MR) is 36.1 cm³/mol. The molecule has 0 amide bonds. The molecule has 0 N–H and O–H groups in total. The van der Waals surface area contributed by atoms with Crippen molar-refractivity contribution in [2.45, 2.75) is 5.50 Å². The standard InChI is InChI=1S/C2HF2N3O4S2/c3-12(8,9)1-5-2(7-6-1)13(4,10)11/h1H. The average Bonchev–Trinajstić information content (AvgIpc) is 2.28. The van der Waals surface area contributed by atoms with Crippen LogP contribution in [0.5, 0.6) is 0 Å². The zero-order valence-electron chi connectivity index (χ0n) is 5.62. The van der Waals surface area contributed by atoms with Gasteiger partial charge in [-0.25, -0.2) is 4.99 Å². The van der Waals surface area contributed by atoms with Gasteiger partial charge in [0, 0.05) is 0 Å². The predicted octanol–water partition coefficient (Wildman–Crippen LogP) is -0.310. The van der Waals surface area contributed by atoms with Crippen LogP contribution >= 0.6 is 0 Å². The van der Waals surface area contributed by atoms with Crippen LogP contribution in [-0.4, -0.2) is 27.5 Å². The molecule has 1 aliphatic rings. The van der Waals surface area contributed by atoms with Gasteiger partial charge in [0.15, 0.2) is 0 Å². The Bertz CT molecular complexity index is 476. The fourth-order valence-electron chi connectivity index (χ4n) is 0.476. The molecule has 1 heterocycles. The Kier molecular flexibility index (Phi) is 2.15. The Morgan fingerprint density at radius 3 is 1.92 bits per heavy atom. The van der Waals surface area contributed by atoms with E-state index in [9.17, 15) is 24.6 Å². The fraction of sp³-hybridized carbons (Fsp3) is 0.500. The summed E-state index contributed by atoms with van der Waals surface area (Å²) in [4.78, 5) is 2.59. The van der Waals surface area contributed by atoms with Gasteiger partial charge in [-0.1, -0.05) is 3.89 Å². The molecule has 0 aromatic heterocycles. The lowest BCUT2D eigenvalue weighted by molar-refractivity contribution is 0.537. The Morgan fingerprint density at radius 1 is 1.15 bits per heavy atom. The molecule has 0 saturated heterocycles. The molecule has 0 bridgehead atoms. The molecule has 0 spiro atoms. The molecule has 74 valence electrons. The molecule has 1 unspecified atom stereocenters. The Balaban J connectivity index is 3.11. The minimum absolute atomic E-state index is 1.45. The van der Waals surface area contributed by atoms with E-state index in [1.807, 2.05) is 0 Å². The van der Waals surface area contributed by atoms with E-state index in [1.54, 1.807) is 0 Å². The van der Waals surface area contributed by atoms with Crippen molar-refractivity contribution in [2.24, 2.45) is 15.2 Å². The van der Waals surface area contributed by atoms with Gasteiger partial charge in [-0.2, -0.15) is 16.8 Å². The Hall–Kier alpha value is -0.970. The minimum atomic E-state index is -5.24. The third-order valence-corrected chi connectivity index (χ3v) is 2.26. The van der Waals surface area contributed by atoms with Crippen LogP contribution in [0.1, 0.15) is 0 Å². The maximum absolute atomic E-state index is 12.0. The molecule has 11 heteroatoms. The lowest BCUT2D eigenvalue weighted by Gasteiger charge is -1.91. The summed E-state index contributed by atoms with van der Waals surface area (Å²) in [6, 6.07) is 0. The molecule has 0 fully saturated rings. The van der Waals surface area contributed by atoms with Gasteiger partial charge in [0.2, 0.25) is 0 Å². The first-order valence-electron chi connectivity index (χ1n) is 2.58. The van der Waals surface area contributed by atoms with Crippen molar-refractivity contribution in [2.75, 3.05) is 0 Å². The maximum Gasteiger partial charge on any atom is 0.369 e. The van der Waals surface area contributed by atoms with Gasteiger partial charge in [-0.15, -0.1) is 14.1 Å². The first-order chi connectivity index (χ1) is 5.71. The number of rotatable bonds is 1. The number of amidine groups is 1. The van der Waals surface area contributed by atoms with E-state index in [0.717, 1.165) is 0 Å². The highest BCUT2D eigenvalue weighted by molar-refractivity contribution is 8.02. The summed E-state index contributed by atoms with van der Waals surface area (Å²) in [5, 5.41) is 3.70. The monoisotopic (exact) mass is 233 g/mol. The molecule has 13 heavy (non-hydrogen) atoms. The summed E-state index contributed by atoms with van der Waals surface area (Å²) in [5.74, 6) is 0. The second-order valence-corrected chi connectivity index (χ2v) is 4.48. The lowest BCUT2D eigenvalue weighted by Crippen LogP contribution is -2.10. The van der Waals surface area contributed by atoms with Crippen molar-refractivity contribution in [1.29, 1.82) is 0 Å². The van der Waals surface area contributed by atoms with Crippen molar-refractivity contribution >= 4 is 25.6 Å². The van der Waals surface area contributed by atoms with Crippen LogP contribution < -0.4 is 0 Å². The van der Waals surface area contributed by atoms with Crippen LogP contribution in [0.3, 0.4) is 0 Å². The molecule has 7 nitrogen and oxygen atoms in total. The van der Waals surface area contributed by atoms with Crippen molar-refractivity contribution in [1.82, 2.24) is 0 Å². The van der Waals surface area contributed by atoms with E-state index < -0.39 is 31.1 Å². The molecule has 0 aromatic rings. The molecule has 1 atom stereocenters. The molecule has 0 aliphatic carbocycles. The lowest BCUT2D eigenvalue weighted by atomic mass is 11.1. The highest BCUT2D eigenvalue weighted by Crippen LogP contribution is 2.16. The van der Waals surface area contributed by atoms with Crippen molar-refractivity contribution < 1.29 is 24.6 Å². The van der Waals surface area contributed by atoms with E-state index in [2.05, 4.69) is 15.2 Å². The summed E-state index contributed by atoms with van der Waals surface area (Å²) < 4.78 is 64.3. The number of aliphatic imine (C=N–C) groups is 1. The molecule has 1 aliphatic heterocycles. The van der Waals surface area contributed by atoms with Crippen molar-refractivity contribution in [3.63, 3.8) is 0 Å². The molecule has 0 radical (unpaired) electrons. The molecular formula is C2HF2N3O4S2. The quantitative estimate of drug-likeness (QED) is 0.579. The normalized spacial score (nSPS) is 23.2. The molecule has 0 aromatic carbocycles. The second kappa shape index (κ2) is 2.77. The van der Waals surface area contributed by atoms with E-state index in [1.165, 1.54) is 0 Å². The maximum atomic E-state index is 12.0. The molecule has 0 saturated carbocycles. The van der Waals surface area contributed by atoms with Crippen molar-refractivity contribution in [3.8, 4) is 0 Å². The Morgan fingerprint density at radius 2 is 1.69 bits per heavy atom. The number of hydrogen-bond donors (Lipinski definition) is 0. The van der Waals surface area contributed by atoms with Crippen LogP contribution in [-0.2, 0) is 20.4 Å². The first-order valence-corrected chi connectivity index (χ1v) is 5.41. The van der Waals surface area contributed by atoms with Gasteiger partial charge in [0.1, 0.15) is 0 Å². The number of halogens is 2. The molecular weight excluding hydrogens is 232 g/mol. The van der Waals surface area contributed by atoms with Gasteiger partial charge in [0.05, 0.1) is 0 Å². The van der Waals surface area contributed by atoms with Crippen LogP contribution in [0, 0.1) is 0 Å². The summed E-state index contributed by atoms with van der Waals surface area (Å²) >= 11 is 0. The van der Waals surface area contributed by atoms with E-state index in [-0.39, 0.29) is 0 Å². The van der Waals surface area contributed by atoms with Crippen LogP contribution in [0.4, 0.5) is 7.77 Å². The summed E-state index contributed by atoms with van der Waals surface area (Å²) in [6.45, 7) is 0. The minimum Gasteiger partial charge on any atom is -0.205 e. The number of azo groups is 1. The van der Waals surface area contributed by atoms with Gasteiger partial charge in [-0.3, -0.25) is 0 Å². The van der Waals surface area contributed by atoms with E-state index in [0.29, 0.717) is 0 Å². The van der Waals surface area contributed by atoms with Crippen LogP contribution in [0.25, 0.3) is 0 Å². The SMILES string of the molecule is O=S(=O)(F)C1=NC(S(=O)(=O)F)N=N1. The van der Waals surface area contributed by atoms with Gasteiger partial charge in [-0.05, 0) is 0 Å². The van der Waals surface area contributed by atoms with E-state index >= 15 is 0 Å². The summed E-state index contributed by atoms with van der Waals surface area (Å²) in [5.41, 5.74) is -2.31. The van der Waals surface area contributed by atoms with E-state index in [4.69, 9.17) is 0 Å². The Labute approximate surface area is 71.6 Å². The zero-order chi connectivity index (χ0) is 10.3. The summed E-state index contributed by atoms with van der Waals surface area (Å²) in [6.07, 6.45) is 0. The van der Waals surface area contributed by atoms with Gasteiger partial charge < -0.3 is 0 Å². The second-order valence-electron chi connectivity index (χ2n) is 1.87. The first kappa shape index (κ1) is 10.1. The third kappa shape index (κ3) is 2.24. The topological polar surface area (TPSA) is 105 Å². The van der Waals surface area contributed by atoms with Gasteiger partial charge in [0.25, 0.3) is 10.7 Å². The number of hydrogen-bond acceptors (Lipinski definition) is 7. The fourth-order valence-corrected chi connectivity index (χ4v) is 1.30. The zero-order valence-corrected chi connectivity index (χ0v) is 7.26. The highest BCUT2D eigenvalue weighted by Gasteiger charge is 2.33. The average molecular weight is 233 g/mol. The van der Waals surface area contributed by atoms with Crippen LogP contribution in [0.2, 0.25) is 0 Å². The van der Waals surface area contributed by atoms with Crippen LogP contribution in [0.15, 0.2) is 15.2 Å². The van der Waals surface area contributed by atoms with Crippen molar-refractivity contribution in [3.05, 3.63) is 0 Å². The summed E-state index contributed by atoms with van der Waals surface area (Å²) in [7, 11) is -10.4. The highest BCUT2D eigenvalue weighted by atomic mass is 32.3. The van der Waals surface area contributed by atoms with Gasteiger partial charge >= 0.3 is 20.4 Å². The largest absolute Gasteiger partial charge is 0.369 e. The third-order valence-electron chi connectivity index (χ3n) is 0.933. The number of nitrogens with zero attached hydrogens (tertiary/aromatic N) is 3. The molecule has 1 rings (SSSR count).